The standard InChI is InChI=1S/C20H27NO3.C20H25NO2/c1-14-3-2-4-16(14)10-18(13-22)21-8-7-15(12-21)9-17-5-6-19(23)11-20(17)24;1-15-2-5-18(20(23)12-15)13-17-9-11-21(14-17)10-8-16-3-6-19(22)7-4-16/h2-6,11,14-15,18,22-24H,7-10,12-13H2,1H3;2-7,12,17,22-23H,8-11,13-14H2,1H3. The molecule has 252 valence electrons. The van der Waals surface area contributed by atoms with Gasteiger partial charge in [-0.05, 0) is 123 Å². The number of benzene rings is 3. The van der Waals surface area contributed by atoms with Gasteiger partial charge in [-0.3, -0.25) is 4.90 Å². The predicted octanol–water partition coefficient (Wildman–Crippen LogP) is 6.36. The van der Waals surface area contributed by atoms with Gasteiger partial charge in [-0.1, -0.05) is 61.1 Å². The van der Waals surface area contributed by atoms with Crippen molar-refractivity contribution in [3.8, 4) is 23.0 Å². The fraction of sp³-hybridized carbons (Fsp3) is 0.450. The van der Waals surface area contributed by atoms with Crippen molar-refractivity contribution < 1.29 is 25.5 Å². The molecule has 1 aliphatic carbocycles. The van der Waals surface area contributed by atoms with Crippen molar-refractivity contribution in [2.75, 3.05) is 39.3 Å². The highest BCUT2D eigenvalue weighted by atomic mass is 16.3. The van der Waals surface area contributed by atoms with E-state index in [1.54, 1.807) is 24.3 Å². The van der Waals surface area contributed by atoms with Gasteiger partial charge in [0.2, 0.25) is 0 Å². The van der Waals surface area contributed by atoms with E-state index in [1.807, 2.05) is 25.1 Å². The Morgan fingerprint density at radius 1 is 0.787 bits per heavy atom. The third-order valence-corrected chi connectivity index (χ3v) is 10.2. The maximum Gasteiger partial charge on any atom is 0.122 e. The molecular weight excluding hydrogens is 588 g/mol. The number of aliphatic hydroxyl groups is 1. The van der Waals surface area contributed by atoms with Crippen LogP contribution in [-0.2, 0) is 19.3 Å². The van der Waals surface area contributed by atoms with Gasteiger partial charge in [0, 0.05) is 31.7 Å². The second-order valence-electron chi connectivity index (χ2n) is 13.8. The molecule has 3 aromatic rings. The van der Waals surface area contributed by atoms with Gasteiger partial charge >= 0.3 is 0 Å². The number of aromatic hydroxyl groups is 4. The first-order valence-corrected chi connectivity index (χ1v) is 17.2. The quantitative estimate of drug-likeness (QED) is 0.166. The number of phenols is 4. The summed E-state index contributed by atoms with van der Waals surface area (Å²) >= 11 is 0. The highest BCUT2D eigenvalue weighted by Gasteiger charge is 2.30. The molecule has 2 fully saturated rings. The molecule has 3 aromatic carbocycles. The number of likely N-dealkylation sites (tertiary alicyclic amines) is 2. The molecule has 2 aliphatic heterocycles. The van der Waals surface area contributed by atoms with Crippen LogP contribution in [0.4, 0.5) is 0 Å². The Kier molecular flexibility index (Phi) is 12.0. The SMILES string of the molecule is CC1C=CC=C1CC(CO)N1CCC(Cc2ccc(O)cc2O)C1.Cc1ccc(CC2CCN(CCc3ccc(O)cc3)C2)c(O)c1. The number of nitrogens with zero attached hydrogens (tertiary/aromatic N) is 2. The lowest BCUT2D eigenvalue weighted by molar-refractivity contribution is 0.140. The van der Waals surface area contributed by atoms with Crippen molar-refractivity contribution in [3.63, 3.8) is 0 Å². The molecule has 4 atom stereocenters. The zero-order valence-corrected chi connectivity index (χ0v) is 27.9. The number of hydrogen-bond donors (Lipinski definition) is 5. The number of phenolic OH excluding ortho intramolecular Hbond substituents is 4. The fourth-order valence-corrected chi connectivity index (χ4v) is 7.24. The van der Waals surface area contributed by atoms with Gasteiger partial charge < -0.3 is 30.4 Å². The lowest BCUT2D eigenvalue weighted by atomic mass is 9.96. The summed E-state index contributed by atoms with van der Waals surface area (Å²) in [6.07, 6.45) is 12.5. The zero-order chi connectivity index (χ0) is 33.3. The molecule has 6 rings (SSSR count). The third-order valence-electron chi connectivity index (χ3n) is 10.2. The van der Waals surface area contributed by atoms with Crippen molar-refractivity contribution >= 4 is 0 Å². The Morgan fingerprint density at radius 3 is 2.11 bits per heavy atom. The van der Waals surface area contributed by atoms with Crippen molar-refractivity contribution in [2.45, 2.75) is 58.4 Å². The zero-order valence-electron chi connectivity index (χ0n) is 27.9. The number of aryl methyl sites for hydroxylation is 1. The first-order valence-electron chi connectivity index (χ1n) is 17.2. The van der Waals surface area contributed by atoms with E-state index >= 15 is 0 Å². The predicted molar refractivity (Wildman–Crippen MR) is 188 cm³/mol. The van der Waals surface area contributed by atoms with Gasteiger partial charge in [0.25, 0.3) is 0 Å². The molecule has 0 amide bonds. The van der Waals surface area contributed by atoms with E-state index in [-0.39, 0.29) is 24.1 Å². The van der Waals surface area contributed by atoms with E-state index in [0.717, 1.165) is 81.5 Å². The molecule has 5 N–H and O–H groups in total. The van der Waals surface area contributed by atoms with Crippen molar-refractivity contribution in [2.24, 2.45) is 17.8 Å². The van der Waals surface area contributed by atoms with Crippen molar-refractivity contribution in [1.29, 1.82) is 0 Å². The molecule has 2 saturated heterocycles. The summed E-state index contributed by atoms with van der Waals surface area (Å²) in [5.41, 5.74) is 5.72. The molecule has 4 unspecified atom stereocenters. The number of rotatable bonds is 11. The van der Waals surface area contributed by atoms with Crippen molar-refractivity contribution in [1.82, 2.24) is 9.80 Å². The van der Waals surface area contributed by atoms with Crippen molar-refractivity contribution in [3.05, 3.63) is 107 Å². The molecule has 2 heterocycles. The molecule has 0 radical (unpaired) electrons. The van der Waals surface area contributed by atoms with Crippen LogP contribution in [0.15, 0.2) is 84.5 Å². The van der Waals surface area contributed by atoms with E-state index in [9.17, 15) is 25.5 Å². The number of allylic oxidation sites excluding steroid dienone is 3. The monoisotopic (exact) mass is 640 g/mol. The summed E-state index contributed by atoms with van der Waals surface area (Å²) in [4.78, 5) is 4.89. The summed E-state index contributed by atoms with van der Waals surface area (Å²) in [6.45, 7) is 9.61. The van der Waals surface area contributed by atoms with E-state index in [2.05, 4.69) is 47.1 Å². The second kappa shape index (κ2) is 16.4. The van der Waals surface area contributed by atoms with E-state index < -0.39 is 0 Å². The lowest BCUT2D eigenvalue weighted by Crippen LogP contribution is -2.37. The van der Waals surface area contributed by atoms with E-state index in [4.69, 9.17) is 0 Å². The van der Waals surface area contributed by atoms with Crippen LogP contribution >= 0.6 is 0 Å². The van der Waals surface area contributed by atoms with Gasteiger partial charge in [-0.15, -0.1) is 0 Å². The number of aliphatic hydroxyl groups excluding tert-OH is 1. The fourth-order valence-electron chi connectivity index (χ4n) is 7.24. The Bertz CT molecular complexity index is 1520. The Labute approximate surface area is 280 Å². The summed E-state index contributed by atoms with van der Waals surface area (Å²) in [6, 6.07) is 18.5. The molecule has 7 heteroatoms. The lowest BCUT2D eigenvalue weighted by Gasteiger charge is -2.27. The molecular formula is C40H52N2O5. The second-order valence-corrected chi connectivity index (χ2v) is 13.8. The van der Waals surface area contributed by atoms with Crippen LogP contribution < -0.4 is 0 Å². The molecule has 0 bridgehead atoms. The van der Waals surface area contributed by atoms with Gasteiger partial charge in [-0.2, -0.15) is 0 Å². The molecule has 47 heavy (non-hydrogen) atoms. The van der Waals surface area contributed by atoms with E-state index in [0.29, 0.717) is 29.3 Å². The maximum absolute atomic E-state index is 10.1. The van der Waals surface area contributed by atoms with Crippen LogP contribution in [0.25, 0.3) is 0 Å². The largest absolute Gasteiger partial charge is 0.508 e. The normalized spacial score (nSPS) is 21.9. The number of hydrogen-bond acceptors (Lipinski definition) is 7. The van der Waals surface area contributed by atoms with Crippen LogP contribution in [-0.4, -0.2) is 80.7 Å². The molecule has 0 spiro atoms. The minimum atomic E-state index is 0.0946. The smallest absolute Gasteiger partial charge is 0.122 e. The highest BCUT2D eigenvalue weighted by molar-refractivity contribution is 5.39. The highest BCUT2D eigenvalue weighted by Crippen LogP contribution is 2.32. The minimum Gasteiger partial charge on any atom is -0.508 e. The van der Waals surface area contributed by atoms with Gasteiger partial charge in [-0.25, -0.2) is 0 Å². The Hall–Kier alpha value is -3.78. The molecule has 7 nitrogen and oxygen atoms in total. The first-order chi connectivity index (χ1) is 22.7. The van der Waals surface area contributed by atoms with Crippen LogP contribution in [0, 0.1) is 24.7 Å². The van der Waals surface area contributed by atoms with Crippen LogP contribution in [0.5, 0.6) is 23.0 Å². The maximum atomic E-state index is 10.1. The topological polar surface area (TPSA) is 108 Å². The Morgan fingerprint density at radius 2 is 1.45 bits per heavy atom. The van der Waals surface area contributed by atoms with Crippen LogP contribution in [0.1, 0.15) is 48.4 Å². The summed E-state index contributed by atoms with van der Waals surface area (Å²) in [5.74, 6) is 2.61. The summed E-state index contributed by atoms with van der Waals surface area (Å²) in [7, 11) is 0. The van der Waals surface area contributed by atoms with E-state index in [1.165, 1.54) is 23.6 Å². The summed E-state index contributed by atoms with van der Waals surface area (Å²) < 4.78 is 0. The average molecular weight is 641 g/mol. The molecule has 3 aliphatic rings. The average Bonchev–Trinajstić information content (AvgIpc) is 3.81. The minimum absolute atomic E-state index is 0.0946. The third kappa shape index (κ3) is 9.86. The summed E-state index contributed by atoms with van der Waals surface area (Å²) in [5, 5.41) is 48.6. The molecule has 0 saturated carbocycles. The Balaban J connectivity index is 0.000000185. The first kappa shape index (κ1) is 34.6. The van der Waals surface area contributed by atoms with Crippen LogP contribution in [0.2, 0.25) is 0 Å². The van der Waals surface area contributed by atoms with Gasteiger partial charge in [0.15, 0.2) is 0 Å². The van der Waals surface area contributed by atoms with Gasteiger partial charge in [0.1, 0.15) is 23.0 Å². The molecule has 0 aromatic heterocycles. The van der Waals surface area contributed by atoms with Gasteiger partial charge in [0.05, 0.1) is 6.61 Å². The van der Waals surface area contributed by atoms with Crippen LogP contribution in [0.3, 0.4) is 0 Å².